The molecule has 12 rings (SSSR count). The van der Waals surface area contributed by atoms with Crippen molar-refractivity contribution in [2.75, 3.05) is 4.90 Å². The summed E-state index contributed by atoms with van der Waals surface area (Å²) in [5, 5.41) is 7.54. The fourth-order valence-corrected chi connectivity index (χ4v) is 9.90. The van der Waals surface area contributed by atoms with E-state index in [2.05, 4.69) is 264 Å². The summed E-state index contributed by atoms with van der Waals surface area (Å²) in [4.78, 5) is 2.45. The van der Waals surface area contributed by atoms with Gasteiger partial charge in [0.05, 0.1) is 16.7 Å². The standard InChI is InChI=1S/C62H42N2/c1-3-18-43(19-4-1)50-23-9-12-29-57(50)62-52(44-20-5-2-6-21-44)30-17-33-61(62)63(48-38-40-49(41-39-48)64-59-31-15-13-27-55(59)56-28-14-16-32-60(56)64)47-36-34-45(35-37-47)58-42-46-22-7-8-24-51(46)53-25-10-11-26-54(53)58/h1-42H. The van der Waals surface area contributed by atoms with Crippen LogP contribution in [-0.4, -0.2) is 4.57 Å². The fourth-order valence-electron chi connectivity index (χ4n) is 9.90. The summed E-state index contributed by atoms with van der Waals surface area (Å²) in [6, 6.07) is 92.8. The molecule has 300 valence electrons. The summed E-state index contributed by atoms with van der Waals surface area (Å²) >= 11 is 0. The van der Waals surface area contributed by atoms with Crippen molar-refractivity contribution in [3.8, 4) is 50.2 Å². The molecular weight excluding hydrogens is 773 g/mol. The lowest BCUT2D eigenvalue weighted by molar-refractivity contribution is 1.17. The number of hydrogen-bond donors (Lipinski definition) is 0. The zero-order chi connectivity index (χ0) is 42.4. The molecule has 0 aliphatic heterocycles. The van der Waals surface area contributed by atoms with E-state index in [9.17, 15) is 0 Å². The zero-order valence-corrected chi connectivity index (χ0v) is 35.1. The Bertz CT molecular complexity index is 3590. The Labute approximate surface area is 373 Å². The number of nitrogens with zero attached hydrogens (tertiary/aromatic N) is 2. The molecule has 0 saturated heterocycles. The lowest BCUT2D eigenvalue weighted by atomic mass is 9.87. The Morgan fingerprint density at radius 1 is 0.281 bits per heavy atom. The van der Waals surface area contributed by atoms with E-state index in [0.717, 1.165) is 22.7 Å². The second-order valence-electron chi connectivity index (χ2n) is 16.4. The van der Waals surface area contributed by atoms with Gasteiger partial charge in [0.15, 0.2) is 0 Å². The van der Waals surface area contributed by atoms with Crippen LogP contribution < -0.4 is 4.90 Å². The molecule has 0 saturated carbocycles. The molecule has 0 unspecified atom stereocenters. The van der Waals surface area contributed by atoms with Crippen molar-refractivity contribution < 1.29 is 0 Å². The van der Waals surface area contributed by atoms with E-state index in [1.807, 2.05) is 0 Å². The fraction of sp³-hybridized carbons (Fsp3) is 0. The zero-order valence-electron chi connectivity index (χ0n) is 35.1. The Balaban J connectivity index is 1.08. The SMILES string of the molecule is c1ccc(-c2ccccc2-c2c(-c3ccccc3)cccc2N(c2ccc(-c3cc4ccccc4c4ccccc34)cc2)c2ccc(-n3c4ccccc4c4ccccc43)cc2)cc1. The minimum Gasteiger partial charge on any atom is -0.310 e. The quantitative estimate of drug-likeness (QED) is 0.139. The Kier molecular flexibility index (Phi) is 9.20. The molecule has 0 radical (unpaired) electrons. The molecule has 0 N–H and O–H groups in total. The van der Waals surface area contributed by atoms with Gasteiger partial charge in [0.25, 0.3) is 0 Å². The van der Waals surface area contributed by atoms with Crippen molar-refractivity contribution in [2.24, 2.45) is 0 Å². The van der Waals surface area contributed by atoms with Gasteiger partial charge in [-0.3, -0.25) is 0 Å². The van der Waals surface area contributed by atoms with Crippen LogP contribution in [0.5, 0.6) is 0 Å². The molecule has 11 aromatic carbocycles. The van der Waals surface area contributed by atoms with Crippen molar-refractivity contribution in [2.45, 2.75) is 0 Å². The van der Waals surface area contributed by atoms with E-state index < -0.39 is 0 Å². The average molecular weight is 815 g/mol. The maximum absolute atomic E-state index is 2.45. The third kappa shape index (κ3) is 6.35. The highest BCUT2D eigenvalue weighted by Gasteiger charge is 2.23. The third-order valence-corrected chi connectivity index (χ3v) is 12.8. The maximum atomic E-state index is 2.45. The molecule has 0 amide bonds. The van der Waals surface area contributed by atoms with E-state index >= 15 is 0 Å². The smallest absolute Gasteiger partial charge is 0.0546 e. The van der Waals surface area contributed by atoms with Crippen molar-refractivity contribution in [1.82, 2.24) is 4.57 Å². The number of rotatable bonds is 8. The minimum atomic E-state index is 1.07. The summed E-state index contributed by atoms with van der Waals surface area (Å²) in [7, 11) is 0. The van der Waals surface area contributed by atoms with E-state index in [4.69, 9.17) is 0 Å². The highest BCUT2D eigenvalue weighted by molar-refractivity contribution is 6.14. The first-order valence-electron chi connectivity index (χ1n) is 22.0. The van der Waals surface area contributed by atoms with Crippen LogP contribution in [0, 0.1) is 0 Å². The topological polar surface area (TPSA) is 8.17 Å². The largest absolute Gasteiger partial charge is 0.310 e. The van der Waals surface area contributed by atoms with Crippen molar-refractivity contribution >= 4 is 60.4 Å². The van der Waals surface area contributed by atoms with E-state index in [1.54, 1.807) is 0 Å². The van der Waals surface area contributed by atoms with Gasteiger partial charge in [-0.25, -0.2) is 0 Å². The average Bonchev–Trinajstić information content (AvgIpc) is 3.71. The van der Waals surface area contributed by atoms with Gasteiger partial charge in [-0.1, -0.05) is 194 Å². The number of hydrogen-bond acceptors (Lipinski definition) is 1. The lowest BCUT2D eigenvalue weighted by Crippen LogP contribution is -2.12. The molecule has 0 aliphatic rings. The molecule has 64 heavy (non-hydrogen) atoms. The Morgan fingerprint density at radius 3 is 1.41 bits per heavy atom. The molecule has 0 atom stereocenters. The second kappa shape index (κ2) is 15.8. The van der Waals surface area contributed by atoms with Gasteiger partial charge in [0, 0.05) is 33.4 Å². The molecular formula is C62H42N2. The van der Waals surface area contributed by atoms with E-state index in [-0.39, 0.29) is 0 Å². The van der Waals surface area contributed by atoms with Crippen LogP contribution in [0.4, 0.5) is 17.1 Å². The highest BCUT2D eigenvalue weighted by Crippen LogP contribution is 2.48. The van der Waals surface area contributed by atoms with Gasteiger partial charge in [-0.15, -0.1) is 0 Å². The van der Waals surface area contributed by atoms with Crippen molar-refractivity contribution in [3.63, 3.8) is 0 Å². The van der Waals surface area contributed by atoms with Crippen molar-refractivity contribution in [3.05, 3.63) is 255 Å². The normalized spacial score (nSPS) is 11.4. The summed E-state index contributed by atoms with van der Waals surface area (Å²) in [5.41, 5.74) is 16.2. The van der Waals surface area contributed by atoms with Crippen molar-refractivity contribution in [1.29, 1.82) is 0 Å². The first kappa shape index (κ1) is 37.3. The van der Waals surface area contributed by atoms with Crippen LogP contribution in [0.15, 0.2) is 255 Å². The first-order valence-corrected chi connectivity index (χ1v) is 22.0. The number of aromatic nitrogens is 1. The number of anilines is 3. The number of fused-ring (bicyclic) bond motifs is 6. The van der Waals surface area contributed by atoms with E-state index in [0.29, 0.717) is 0 Å². The summed E-state index contributed by atoms with van der Waals surface area (Å²) in [6.45, 7) is 0. The van der Waals surface area contributed by atoms with Crippen LogP contribution in [0.25, 0.3) is 93.5 Å². The van der Waals surface area contributed by atoms with Crippen LogP contribution in [0.2, 0.25) is 0 Å². The molecule has 1 heterocycles. The Morgan fingerprint density at radius 2 is 0.750 bits per heavy atom. The Hall–Kier alpha value is -8.46. The maximum Gasteiger partial charge on any atom is 0.0546 e. The van der Waals surface area contributed by atoms with Crippen LogP contribution in [-0.2, 0) is 0 Å². The van der Waals surface area contributed by atoms with Gasteiger partial charge >= 0.3 is 0 Å². The first-order chi connectivity index (χ1) is 31.8. The predicted molar refractivity (Wildman–Crippen MR) is 272 cm³/mol. The van der Waals surface area contributed by atoms with Gasteiger partial charge in [-0.05, 0) is 121 Å². The summed E-state index contributed by atoms with van der Waals surface area (Å²) in [6.07, 6.45) is 0. The molecule has 0 aliphatic carbocycles. The van der Waals surface area contributed by atoms with Gasteiger partial charge in [0.2, 0.25) is 0 Å². The van der Waals surface area contributed by atoms with Crippen LogP contribution >= 0.6 is 0 Å². The number of para-hydroxylation sites is 2. The van der Waals surface area contributed by atoms with Crippen LogP contribution in [0.3, 0.4) is 0 Å². The molecule has 1 aromatic heterocycles. The molecule has 2 heteroatoms. The number of benzene rings is 11. The monoisotopic (exact) mass is 814 g/mol. The van der Waals surface area contributed by atoms with Crippen LogP contribution in [0.1, 0.15) is 0 Å². The highest BCUT2D eigenvalue weighted by atomic mass is 15.1. The molecule has 12 aromatic rings. The van der Waals surface area contributed by atoms with E-state index in [1.165, 1.54) is 87.9 Å². The summed E-state index contributed by atoms with van der Waals surface area (Å²) < 4.78 is 2.39. The molecule has 2 nitrogen and oxygen atoms in total. The van der Waals surface area contributed by atoms with Gasteiger partial charge < -0.3 is 9.47 Å². The predicted octanol–water partition coefficient (Wildman–Crippen LogP) is 17.2. The summed E-state index contributed by atoms with van der Waals surface area (Å²) in [5.74, 6) is 0. The van der Waals surface area contributed by atoms with Gasteiger partial charge in [0.1, 0.15) is 0 Å². The minimum absolute atomic E-state index is 1.07. The molecule has 0 bridgehead atoms. The molecule has 0 fully saturated rings. The second-order valence-corrected chi connectivity index (χ2v) is 16.4. The van der Waals surface area contributed by atoms with Gasteiger partial charge in [-0.2, -0.15) is 0 Å². The lowest BCUT2D eigenvalue weighted by Gasteiger charge is -2.30. The third-order valence-electron chi connectivity index (χ3n) is 12.8. The molecule has 0 spiro atoms.